The van der Waals surface area contributed by atoms with Gasteiger partial charge in [-0.25, -0.2) is 4.79 Å². The summed E-state index contributed by atoms with van der Waals surface area (Å²) in [5.74, 6) is 0.0558. The molecule has 2 rings (SSSR count). The summed E-state index contributed by atoms with van der Waals surface area (Å²) in [6.45, 7) is 0.723. The molecule has 8 heteroatoms. The van der Waals surface area contributed by atoms with Gasteiger partial charge in [0.25, 0.3) is 0 Å². The van der Waals surface area contributed by atoms with Crippen molar-refractivity contribution in [3.8, 4) is 5.75 Å². The average Bonchev–Trinajstić information content (AvgIpc) is 2.93. The van der Waals surface area contributed by atoms with E-state index in [0.29, 0.717) is 5.56 Å². The number of hydrogen-bond donors (Lipinski definition) is 2. The molecule has 24 heavy (non-hydrogen) atoms. The summed E-state index contributed by atoms with van der Waals surface area (Å²) in [5, 5.41) is 9.62. The van der Waals surface area contributed by atoms with Crippen molar-refractivity contribution in [2.75, 3.05) is 0 Å². The van der Waals surface area contributed by atoms with E-state index in [0.717, 1.165) is 5.56 Å². The maximum atomic E-state index is 12.3. The van der Waals surface area contributed by atoms with E-state index in [4.69, 9.17) is 0 Å². The van der Waals surface area contributed by atoms with Gasteiger partial charge in [0.1, 0.15) is 5.75 Å². The number of benzene rings is 1. The summed E-state index contributed by atoms with van der Waals surface area (Å²) >= 11 is 0. The minimum atomic E-state index is -2.88. The van der Waals surface area contributed by atoms with E-state index in [-0.39, 0.29) is 23.9 Å². The molecule has 0 aliphatic carbocycles. The first kappa shape index (κ1) is 17.7. The molecule has 0 fully saturated rings. The summed E-state index contributed by atoms with van der Waals surface area (Å²) in [4.78, 5) is 12.1. The monoisotopic (exact) mass is 338 g/mol. The Labute approximate surface area is 138 Å². The zero-order valence-corrected chi connectivity index (χ0v) is 13.7. The lowest BCUT2D eigenvalue weighted by molar-refractivity contribution is -0.0499. The van der Waals surface area contributed by atoms with Crippen LogP contribution in [-0.4, -0.2) is 22.4 Å². The molecule has 2 amide bonds. The Kier molecular flexibility index (Phi) is 5.73. The quantitative estimate of drug-likeness (QED) is 0.850. The molecular weight excluding hydrogens is 318 g/mol. The molecule has 2 aromatic rings. The van der Waals surface area contributed by atoms with Gasteiger partial charge in [-0.1, -0.05) is 12.1 Å². The van der Waals surface area contributed by atoms with Crippen molar-refractivity contribution in [1.82, 2.24) is 20.4 Å². The lowest BCUT2D eigenvalue weighted by Crippen LogP contribution is -2.38. The third-order valence-corrected chi connectivity index (χ3v) is 3.50. The number of alkyl halides is 2. The van der Waals surface area contributed by atoms with Crippen LogP contribution in [0, 0.1) is 0 Å². The van der Waals surface area contributed by atoms with Crippen LogP contribution in [0.3, 0.4) is 0 Å². The minimum Gasteiger partial charge on any atom is -0.435 e. The van der Waals surface area contributed by atoms with Gasteiger partial charge in [0.2, 0.25) is 0 Å². The second-order valence-corrected chi connectivity index (χ2v) is 5.46. The fourth-order valence-electron chi connectivity index (χ4n) is 2.23. The molecule has 1 heterocycles. The summed E-state index contributed by atoms with van der Waals surface area (Å²) in [6.07, 6.45) is 3.50. The average molecular weight is 338 g/mol. The summed E-state index contributed by atoms with van der Waals surface area (Å²) in [7, 11) is 1.80. The summed E-state index contributed by atoms with van der Waals surface area (Å²) < 4.78 is 30.5. The fraction of sp³-hybridized carbons (Fsp3) is 0.375. The van der Waals surface area contributed by atoms with Crippen molar-refractivity contribution >= 4 is 6.03 Å². The Hall–Kier alpha value is -2.64. The molecule has 0 saturated carbocycles. The largest absolute Gasteiger partial charge is 0.435 e. The van der Waals surface area contributed by atoms with Crippen LogP contribution >= 0.6 is 0 Å². The first-order valence-corrected chi connectivity index (χ1v) is 7.45. The molecule has 130 valence electrons. The summed E-state index contributed by atoms with van der Waals surface area (Å²) in [6, 6.07) is 5.30. The first-order chi connectivity index (χ1) is 11.3. The van der Waals surface area contributed by atoms with E-state index >= 15 is 0 Å². The standard InChI is InChI=1S/C16H20F2N4O2/c1-10(12-5-4-6-14(7-12)24-15(17)18)20-16(23)21-11(2)13-8-19-22(3)9-13/h4-11,15H,1-3H3,(H2,20,21,23)/t10-,11+/m1/s1. The molecule has 1 aromatic carbocycles. The molecule has 2 N–H and O–H groups in total. The molecule has 0 spiro atoms. The van der Waals surface area contributed by atoms with Crippen molar-refractivity contribution in [3.63, 3.8) is 0 Å². The first-order valence-electron chi connectivity index (χ1n) is 7.45. The van der Waals surface area contributed by atoms with Gasteiger partial charge in [-0.15, -0.1) is 0 Å². The van der Waals surface area contributed by atoms with Crippen molar-refractivity contribution in [1.29, 1.82) is 0 Å². The molecular formula is C16H20F2N4O2. The Morgan fingerprint density at radius 2 is 1.88 bits per heavy atom. The number of halogens is 2. The molecule has 0 radical (unpaired) electrons. The van der Waals surface area contributed by atoms with Crippen LogP contribution in [-0.2, 0) is 7.05 Å². The lowest BCUT2D eigenvalue weighted by atomic mass is 10.1. The van der Waals surface area contributed by atoms with Crippen molar-refractivity contribution in [2.24, 2.45) is 7.05 Å². The van der Waals surface area contributed by atoms with Gasteiger partial charge in [-0.2, -0.15) is 13.9 Å². The van der Waals surface area contributed by atoms with Gasteiger partial charge >= 0.3 is 12.6 Å². The number of aromatic nitrogens is 2. The molecule has 6 nitrogen and oxygen atoms in total. The van der Waals surface area contributed by atoms with Crippen LogP contribution in [0.15, 0.2) is 36.7 Å². The molecule has 0 bridgehead atoms. The lowest BCUT2D eigenvalue weighted by Gasteiger charge is -2.18. The van der Waals surface area contributed by atoms with Gasteiger partial charge in [0.05, 0.1) is 18.3 Å². The van der Waals surface area contributed by atoms with Crippen LogP contribution in [0.5, 0.6) is 5.75 Å². The molecule has 0 aliphatic rings. The highest BCUT2D eigenvalue weighted by Gasteiger charge is 2.15. The van der Waals surface area contributed by atoms with E-state index in [1.165, 1.54) is 12.1 Å². The van der Waals surface area contributed by atoms with Crippen LogP contribution in [0.25, 0.3) is 0 Å². The SMILES string of the molecule is C[C@H](NC(=O)N[C@H](C)c1cccc(OC(F)F)c1)c1cnn(C)c1. The van der Waals surface area contributed by atoms with Gasteiger partial charge in [0, 0.05) is 18.8 Å². The van der Waals surface area contributed by atoms with E-state index in [9.17, 15) is 13.6 Å². The van der Waals surface area contributed by atoms with Gasteiger partial charge in [-0.05, 0) is 31.5 Å². The minimum absolute atomic E-state index is 0.0558. The third-order valence-electron chi connectivity index (χ3n) is 3.50. The zero-order valence-electron chi connectivity index (χ0n) is 13.7. The van der Waals surface area contributed by atoms with Crippen LogP contribution in [0.2, 0.25) is 0 Å². The maximum absolute atomic E-state index is 12.3. The Balaban J connectivity index is 1.93. The number of ether oxygens (including phenoxy) is 1. The number of amides is 2. The zero-order chi connectivity index (χ0) is 17.7. The van der Waals surface area contributed by atoms with Crippen molar-refractivity contribution in [3.05, 3.63) is 47.8 Å². The van der Waals surface area contributed by atoms with E-state index in [2.05, 4.69) is 20.5 Å². The topological polar surface area (TPSA) is 68.2 Å². The normalized spacial score (nSPS) is 13.4. The maximum Gasteiger partial charge on any atom is 0.387 e. The number of carbonyl (C=O) groups excluding carboxylic acids is 1. The number of urea groups is 1. The van der Waals surface area contributed by atoms with Crippen molar-refractivity contribution < 1.29 is 18.3 Å². The van der Waals surface area contributed by atoms with E-state index < -0.39 is 6.61 Å². The smallest absolute Gasteiger partial charge is 0.387 e. The van der Waals surface area contributed by atoms with Gasteiger partial charge in [-0.3, -0.25) is 4.68 Å². The molecule has 0 unspecified atom stereocenters. The number of rotatable bonds is 6. The Morgan fingerprint density at radius 3 is 2.46 bits per heavy atom. The molecule has 2 atom stereocenters. The van der Waals surface area contributed by atoms with Crippen LogP contribution < -0.4 is 15.4 Å². The van der Waals surface area contributed by atoms with Gasteiger partial charge in [0.15, 0.2) is 0 Å². The fourth-order valence-corrected chi connectivity index (χ4v) is 2.23. The number of aryl methyl sites for hydroxylation is 1. The third kappa shape index (κ3) is 4.94. The highest BCUT2D eigenvalue weighted by atomic mass is 19.3. The number of nitrogens with zero attached hydrogens (tertiary/aromatic N) is 2. The highest BCUT2D eigenvalue weighted by Crippen LogP contribution is 2.20. The number of carbonyl (C=O) groups is 1. The second-order valence-electron chi connectivity index (χ2n) is 5.46. The van der Waals surface area contributed by atoms with Crippen LogP contribution in [0.1, 0.15) is 37.1 Å². The predicted octanol–water partition coefficient (Wildman–Crippen LogP) is 3.14. The van der Waals surface area contributed by atoms with Crippen LogP contribution in [0.4, 0.5) is 13.6 Å². The molecule has 0 saturated heterocycles. The van der Waals surface area contributed by atoms with Gasteiger partial charge < -0.3 is 15.4 Å². The number of hydrogen-bond acceptors (Lipinski definition) is 3. The second kappa shape index (κ2) is 7.76. The molecule has 1 aromatic heterocycles. The predicted molar refractivity (Wildman–Crippen MR) is 84.8 cm³/mol. The van der Waals surface area contributed by atoms with E-state index in [1.807, 2.05) is 13.1 Å². The number of nitrogens with one attached hydrogen (secondary N) is 2. The highest BCUT2D eigenvalue weighted by molar-refractivity contribution is 5.74. The van der Waals surface area contributed by atoms with E-state index in [1.54, 1.807) is 37.0 Å². The Morgan fingerprint density at radius 1 is 1.21 bits per heavy atom. The molecule has 0 aliphatic heterocycles. The summed E-state index contributed by atoms with van der Waals surface area (Å²) in [5.41, 5.74) is 1.55. The Bertz CT molecular complexity index is 690. The van der Waals surface area contributed by atoms with Crippen molar-refractivity contribution in [2.45, 2.75) is 32.5 Å².